The number of rotatable bonds is 14. The predicted octanol–water partition coefficient (Wildman–Crippen LogP) is 0.0262. The number of nitrogens with two attached hydrogens (primary N) is 1. The molecule has 1 rings (SSSR count). The number of hydrogen-bond acceptors (Lipinski definition) is 6. The van der Waals surface area contributed by atoms with Crippen LogP contribution in [0, 0.1) is 5.92 Å². The van der Waals surface area contributed by atoms with Crippen molar-refractivity contribution in [3.05, 3.63) is 35.9 Å². The van der Waals surface area contributed by atoms with E-state index in [1.54, 1.807) is 37.3 Å². The van der Waals surface area contributed by atoms with Crippen molar-refractivity contribution < 1.29 is 34.2 Å². The van der Waals surface area contributed by atoms with Gasteiger partial charge in [-0.2, -0.15) is 0 Å². The lowest BCUT2D eigenvalue weighted by Gasteiger charge is -2.25. The molecule has 0 aromatic heterocycles. The Balaban J connectivity index is 3.08. The van der Waals surface area contributed by atoms with E-state index in [0.717, 1.165) is 0 Å². The summed E-state index contributed by atoms with van der Waals surface area (Å²) in [5, 5.41) is 25.5. The van der Waals surface area contributed by atoms with Gasteiger partial charge in [-0.05, 0) is 24.8 Å². The monoisotopic (exact) mass is 478 g/mol. The molecule has 0 radical (unpaired) electrons. The summed E-state index contributed by atoms with van der Waals surface area (Å²) < 4.78 is 0. The maximum atomic E-state index is 13.0. The lowest BCUT2D eigenvalue weighted by Crippen LogP contribution is -2.58. The van der Waals surface area contributed by atoms with Crippen molar-refractivity contribution >= 4 is 29.7 Å². The predicted molar refractivity (Wildman–Crippen MR) is 124 cm³/mol. The highest BCUT2D eigenvalue weighted by Gasteiger charge is 2.30. The summed E-state index contributed by atoms with van der Waals surface area (Å²) in [6.07, 6.45) is 0.0618. The van der Waals surface area contributed by atoms with E-state index in [1.165, 1.54) is 6.92 Å². The average molecular weight is 479 g/mol. The quantitative estimate of drug-likeness (QED) is 0.216. The molecule has 1 aromatic carbocycles. The normalized spacial score (nSPS) is 15.2. The average Bonchev–Trinajstić information content (AvgIpc) is 2.80. The number of carboxylic acids is 2. The molecule has 0 fully saturated rings. The van der Waals surface area contributed by atoms with Gasteiger partial charge in [0.2, 0.25) is 17.7 Å². The number of amides is 3. The standard InChI is InChI=1S/C23H34N4O7/c1-4-13(2)19(24)22(32)26-16(10-11-18(28)29)20(30)27-17(12-15-8-6-5-7-9-15)21(31)25-14(3)23(33)34/h5-9,13-14,16-17,19H,4,10-12,24H2,1-3H3,(H,25,31)(H,26,32)(H,27,30)(H,28,29)(H,33,34). The number of benzene rings is 1. The molecule has 188 valence electrons. The van der Waals surface area contributed by atoms with E-state index < -0.39 is 60.2 Å². The van der Waals surface area contributed by atoms with Crippen LogP contribution in [0.4, 0.5) is 0 Å². The lowest BCUT2D eigenvalue weighted by molar-refractivity contribution is -0.141. The van der Waals surface area contributed by atoms with Crippen molar-refractivity contribution in [1.29, 1.82) is 0 Å². The Morgan fingerprint density at radius 3 is 1.97 bits per heavy atom. The molecule has 34 heavy (non-hydrogen) atoms. The molecule has 3 amide bonds. The van der Waals surface area contributed by atoms with Gasteiger partial charge in [-0.15, -0.1) is 0 Å². The van der Waals surface area contributed by atoms with Gasteiger partial charge >= 0.3 is 11.9 Å². The zero-order valence-electron chi connectivity index (χ0n) is 19.6. The molecule has 7 N–H and O–H groups in total. The van der Waals surface area contributed by atoms with E-state index in [1.807, 2.05) is 6.92 Å². The van der Waals surface area contributed by atoms with Gasteiger partial charge in [0.1, 0.15) is 18.1 Å². The Labute approximate surface area is 198 Å². The summed E-state index contributed by atoms with van der Waals surface area (Å²) in [4.78, 5) is 60.5. The molecule has 0 spiro atoms. The third-order valence-corrected chi connectivity index (χ3v) is 5.48. The minimum absolute atomic E-state index is 0.0523. The Kier molecular flexibility index (Phi) is 11.7. The van der Waals surface area contributed by atoms with Crippen LogP contribution in [0.15, 0.2) is 30.3 Å². The Morgan fingerprint density at radius 1 is 0.882 bits per heavy atom. The topological polar surface area (TPSA) is 188 Å². The van der Waals surface area contributed by atoms with Crippen molar-refractivity contribution in [2.45, 2.75) is 70.6 Å². The molecule has 0 saturated heterocycles. The maximum absolute atomic E-state index is 13.0. The van der Waals surface area contributed by atoms with Crippen molar-refractivity contribution in [3.63, 3.8) is 0 Å². The van der Waals surface area contributed by atoms with Gasteiger partial charge < -0.3 is 31.9 Å². The van der Waals surface area contributed by atoms with E-state index in [4.69, 9.17) is 15.9 Å². The van der Waals surface area contributed by atoms with E-state index in [2.05, 4.69) is 16.0 Å². The van der Waals surface area contributed by atoms with Gasteiger partial charge in [0, 0.05) is 12.8 Å². The number of hydrogen-bond donors (Lipinski definition) is 6. The van der Waals surface area contributed by atoms with Crippen LogP contribution in [-0.2, 0) is 30.4 Å². The molecule has 0 saturated carbocycles. The lowest BCUT2D eigenvalue weighted by atomic mass is 9.98. The Hall–Kier alpha value is -3.47. The van der Waals surface area contributed by atoms with Crippen LogP contribution < -0.4 is 21.7 Å². The molecular formula is C23H34N4O7. The van der Waals surface area contributed by atoms with Gasteiger partial charge in [0.05, 0.1) is 6.04 Å². The second-order valence-corrected chi connectivity index (χ2v) is 8.22. The van der Waals surface area contributed by atoms with Gasteiger partial charge in [-0.1, -0.05) is 50.6 Å². The first-order valence-electron chi connectivity index (χ1n) is 11.1. The number of carbonyl (C=O) groups is 5. The molecule has 0 aliphatic heterocycles. The fraction of sp³-hybridized carbons (Fsp3) is 0.522. The molecule has 1 aromatic rings. The van der Waals surface area contributed by atoms with Gasteiger partial charge in [0.15, 0.2) is 0 Å². The first kappa shape index (κ1) is 28.6. The van der Waals surface area contributed by atoms with Crippen molar-refractivity contribution in [2.75, 3.05) is 0 Å². The molecule has 0 aliphatic rings. The molecule has 0 heterocycles. The van der Waals surface area contributed by atoms with Crippen LogP contribution >= 0.6 is 0 Å². The SMILES string of the molecule is CCC(C)C(N)C(=O)NC(CCC(=O)O)C(=O)NC(Cc1ccccc1)C(=O)NC(C)C(=O)O. The van der Waals surface area contributed by atoms with Crippen LogP contribution in [0.25, 0.3) is 0 Å². The number of carbonyl (C=O) groups excluding carboxylic acids is 3. The minimum atomic E-state index is -1.25. The smallest absolute Gasteiger partial charge is 0.325 e. The third kappa shape index (κ3) is 9.57. The Bertz CT molecular complexity index is 862. The molecule has 11 heteroatoms. The number of nitrogens with one attached hydrogen (secondary N) is 3. The third-order valence-electron chi connectivity index (χ3n) is 5.48. The van der Waals surface area contributed by atoms with Crippen molar-refractivity contribution in [2.24, 2.45) is 11.7 Å². The second-order valence-electron chi connectivity index (χ2n) is 8.22. The zero-order valence-corrected chi connectivity index (χ0v) is 19.6. The fourth-order valence-electron chi connectivity index (χ4n) is 3.02. The molecule has 0 aliphatic carbocycles. The summed E-state index contributed by atoms with van der Waals surface area (Å²) in [6.45, 7) is 4.92. The van der Waals surface area contributed by atoms with Crippen LogP contribution in [0.5, 0.6) is 0 Å². The van der Waals surface area contributed by atoms with E-state index >= 15 is 0 Å². The van der Waals surface area contributed by atoms with Gasteiger partial charge in [-0.3, -0.25) is 24.0 Å². The second kappa shape index (κ2) is 13.9. The van der Waals surface area contributed by atoms with Crippen LogP contribution in [0.3, 0.4) is 0 Å². The van der Waals surface area contributed by atoms with Gasteiger partial charge in [0.25, 0.3) is 0 Å². The highest BCUT2D eigenvalue weighted by Crippen LogP contribution is 2.09. The molecule has 11 nitrogen and oxygen atoms in total. The van der Waals surface area contributed by atoms with Crippen molar-refractivity contribution in [3.8, 4) is 0 Å². The summed E-state index contributed by atoms with van der Waals surface area (Å²) in [5.74, 6) is -4.69. The van der Waals surface area contributed by atoms with Crippen LogP contribution in [-0.4, -0.2) is 64.0 Å². The van der Waals surface area contributed by atoms with Crippen molar-refractivity contribution in [1.82, 2.24) is 16.0 Å². The molecule has 0 bridgehead atoms. The first-order valence-corrected chi connectivity index (χ1v) is 11.1. The molecular weight excluding hydrogens is 444 g/mol. The number of aliphatic carboxylic acids is 2. The van der Waals surface area contributed by atoms with Crippen LogP contribution in [0.2, 0.25) is 0 Å². The van der Waals surface area contributed by atoms with E-state index in [-0.39, 0.29) is 18.8 Å². The summed E-state index contributed by atoms with van der Waals surface area (Å²) >= 11 is 0. The Morgan fingerprint density at radius 2 is 1.44 bits per heavy atom. The first-order chi connectivity index (χ1) is 16.0. The highest BCUT2D eigenvalue weighted by molar-refractivity contribution is 5.94. The van der Waals surface area contributed by atoms with Gasteiger partial charge in [-0.25, -0.2) is 0 Å². The maximum Gasteiger partial charge on any atom is 0.325 e. The summed E-state index contributed by atoms with van der Waals surface area (Å²) in [6, 6.07) is 4.25. The molecule has 5 atom stereocenters. The summed E-state index contributed by atoms with van der Waals surface area (Å²) in [7, 11) is 0. The minimum Gasteiger partial charge on any atom is -0.481 e. The van der Waals surface area contributed by atoms with E-state index in [0.29, 0.717) is 12.0 Å². The van der Waals surface area contributed by atoms with Crippen LogP contribution in [0.1, 0.15) is 45.6 Å². The zero-order chi connectivity index (χ0) is 25.8. The largest absolute Gasteiger partial charge is 0.481 e. The highest BCUT2D eigenvalue weighted by atomic mass is 16.4. The molecule has 5 unspecified atom stereocenters. The fourth-order valence-corrected chi connectivity index (χ4v) is 3.02. The number of carboxylic acid groups (broad SMARTS) is 2. The summed E-state index contributed by atoms with van der Waals surface area (Å²) in [5.41, 5.74) is 6.64. The van der Waals surface area contributed by atoms with E-state index in [9.17, 15) is 24.0 Å².